The zero-order valence-electron chi connectivity index (χ0n) is 18.1. The molecule has 4 rings (SSSR count). The van der Waals surface area contributed by atoms with Crippen LogP contribution in [0.15, 0.2) is 55.1 Å². The molecule has 0 bridgehead atoms. The summed E-state index contributed by atoms with van der Waals surface area (Å²) < 4.78 is 6.16. The fourth-order valence-corrected chi connectivity index (χ4v) is 4.06. The van der Waals surface area contributed by atoms with E-state index in [0.29, 0.717) is 12.6 Å². The maximum Gasteiger partial charge on any atom is 0.221 e. The first-order valence-corrected chi connectivity index (χ1v) is 10.8. The topological polar surface area (TPSA) is 68.8 Å². The molecule has 2 fully saturated rings. The Morgan fingerprint density at radius 3 is 2.26 bits per heavy atom. The largest absolute Gasteiger partial charge is 0.382 e. The zero-order chi connectivity index (χ0) is 21.8. The highest BCUT2D eigenvalue weighted by molar-refractivity contribution is 5.88. The van der Waals surface area contributed by atoms with Crippen molar-refractivity contribution in [2.75, 3.05) is 17.2 Å². The normalized spacial score (nSPS) is 25.7. The number of ether oxygens (including phenoxy) is 1. The van der Waals surface area contributed by atoms with Crippen LogP contribution in [0.1, 0.15) is 43.7 Å². The van der Waals surface area contributed by atoms with Crippen LogP contribution in [0.25, 0.3) is 5.57 Å². The number of benzene rings is 2. The van der Waals surface area contributed by atoms with Crippen LogP contribution in [0.3, 0.4) is 0 Å². The standard InChI is InChI=1S/C25H30N2O4/c1-17-4-6-20(7-5-17)18(2)24-16-29-25(31-30-24)14-12-23(13-15-25)27-22-10-8-21(9-11-22)26-19(3)28/h4-11,23-24,27H,2,12-16H2,1,3H3,(H,26,28). The molecule has 1 saturated carbocycles. The first-order valence-electron chi connectivity index (χ1n) is 10.8. The van der Waals surface area contributed by atoms with Gasteiger partial charge in [0.1, 0.15) is 6.10 Å². The van der Waals surface area contributed by atoms with Gasteiger partial charge in [-0.15, -0.1) is 0 Å². The number of carbonyl (C=O) groups is 1. The minimum Gasteiger partial charge on any atom is -0.382 e. The summed E-state index contributed by atoms with van der Waals surface area (Å²) in [6, 6.07) is 16.3. The van der Waals surface area contributed by atoms with Gasteiger partial charge in [-0.25, -0.2) is 9.78 Å². The smallest absolute Gasteiger partial charge is 0.221 e. The van der Waals surface area contributed by atoms with Crippen LogP contribution in [0.5, 0.6) is 0 Å². The lowest BCUT2D eigenvalue weighted by atomic mass is 9.89. The second-order valence-electron chi connectivity index (χ2n) is 8.46. The van der Waals surface area contributed by atoms with Gasteiger partial charge >= 0.3 is 0 Å². The quantitative estimate of drug-likeness (QED) is 0.659. The molecule has 2 aliphatic rings. The predicted octanol–water partition coefficient (Wildman–Crippen LogP) is 5.06. The van der Waals surface area contributed by atoms with E-state index in [4.69, 9.17) is 14.5 Å². The SMILES string of the molecule is C=C(c1ccc(C)cc1)C1COC2(CCC(Nc3ccc(NC(C)=O)cc3)CC2)OO1. The van der Waals surface area contributed by atoms with Gasteiger partial charge in [0.25, 0.3) is 0 Å². The maximum absolute atomic E-state index is 11.1. The molecule has 1 aliphatic heterocycles. The minimum atomic E-state index is -0.669. The van der Waals surface area contributed by atoms with Gasteiger partial charge in [-0.2, -0.15) is 0 Å². The van der Waals surface area contributed by atoms with E-state index >= 15 is 0 Å². The lowest BCUT2D eigenvalue weighted by Crippen LogP contribution is -2.49. The third kappa shape index (κ3) is 5.34. The highest BCUT2D eigenvalue weighted by atomic mass is 17.2. The molecule has 1 heterocycles. The third-order valence-corrected chi connectivity index (χ3v) is 5.95. The molecule has 1 unspecified atom stereocenters. The molecule has 1 atom stereocenters. The van der Waals surface area contributed by atoms with Crippen molar-refractivity contribution in [2.45, 2.75) is 57.5 Å². The molecule has 0 aromatic heterocycles. The van der Waals surface area contributed by atoms with Crippen molar-refractivity contribution in [1.82, 2.24) is 0 Å². The van der Waals surface area contributed by atoms with Gasteiger partial charge in [0.15, 0.2) is 0 Å². The Labute approximate surface area is 183 Å². The molecule has 6 heteroatoms. The molecule has 1 saturated heterocycles. The first-order chi connectivity index (χ1) is 14.9. The summed E-state index contributed by atoms with van der Waals surface area (Å²) in [6.45, 7) is 8.18. The molecule has 6 nitrogen and oxygen atoms in total. The van der Waals surface area contributed by atoms with Crippen LogP contribution in [0.4, 0.5) is 11.4 Å². The monoisotopic (exact) mass is 422 g/mol. The Morgan fingerprint density at radius 1 is 1.03 bits per heavy atom. The van der Waals surface area contributed by atoms with E-state index in [-0.39, 0.29) is 12.0 Å². The molecule has 1 spiro atoms. The van der Waals surface area contributed by atoms with Crippen LogP contribution in [-0.2, 0) is 19.3 Å². The lowest BCUT2D eigenvalue weighted by molar-refractivity contribution is -0.483. The van der Waals surface area contributed by atoms with Gasteiger partial charge < -0.3 is 15.4 Å². The molecule has 2 N–H and O–H groups in total. The summed E-state index contributed by atoms with van der Waals surface area (Å²) in [7, 11) is 0. The number of carbonyl (C=O) groups excluding carboxylic acids is 1. The summed E-state index contributed by atoms with van der Waals surface area (Å²) in [5.41, 5.74) is 4.94. The second kappa shape index (κ2) is 9.22. The van der Waals surface area contributed by atoms with Crippen molar-refractivity contribution >= 4 is 22.9 Å². The molecule has 31 heavy (non-hydrogen) atoms. The molecule has 1 aliphatic carbocycles. The van der Waals surface area contributed by atoms with E-state index in [2.05, 4.69) is 36.3 Å². The predicted molar refractivity (Wildman–Crippen MR) is 121 cm³/mol. The minimum absolute atomic E-state index is 0.0716. The molecular formula is C25H30N2O4. The van der Waals surface area contributed by atoms with Crippen molar-refractivity contribution in [1.29, 1.82) is 0 Å². The summed E-state index contributed by atoms with van der Waals surface area (Å²) in [5, 5.41) is 6.34. The van der Waals surface area contributed by atoms with E-state index in [0.717, 1.165) is 48.2 Å². The molecular weight excluding hydrogens is 392 g/mol. The van der Waals surface area contributed by atoms with Crippen LogP contribution in [-0.4, -0.2) is 30.4 Å². The Kier molecular flexibility index (Phi) is 6.41. The highest BCUT2D eigenvalue weighted by Gasteiger charge is 2.43. The third-order valence-electron chi connectivity index (χ3n) is 5.95. The highest BCUT2D eigenvalue weighted by Crippen LogP contribution is 2.38. The Balaban J connectivity index is 1.25. The molecule has 164 valence electrons. The van der Waals surface area contributed by atoms with Crippen molar-refractivity contribution in [3.8, 4) is 0 Å². The number of aryl methyl sites for hydroxylation is 1. The number of hydrogen-bond donors (Lipinski definition) is 2. The summed E-state index contributed by atoms with van der Waals surface area (Å²) >= 11 is 0. The number of anilines is 2. The van der Waals surface area contributed by atoms with Crippen LogP contribution < -0.4 is 10.6 Å². The molecule has 0 radical (unpaired) electrons. The number of rotatable bonds is 5. The van der Waals surface area contributed by atoms with Gasteiger partial charge in [-0.05, 0) is 55.2 Å². The van der Waals surface area contributed by atoms with Gasteiger partial charge in [0.2, 0.25) is 11.7 Å². The van der Waals surface area contributed by atoms with E-state index in [1.54, 1.807) is 0 Å². The van der Waals surface area contributed by atoms with E-state index in [1.807, 2.05) is 36.4 Å². The number of hydrogen-bond acceptors (Lipinski definition) is 5. The lowest BCUT2D eigenvalue weighted by Gasteiger charge is -2.43. The summed E-state index contributed by atoms with van der Waals surface area (Å²) in [4.78, 5) is 22.7. The summed E-state index contributed by atoms with van der Waals surface area (Å²) in [6.07, 6.45) is 3.06. The average molecular weight is 423 g/mol. The van der Waals surface area contributed by atoms with Gasteiger partial charge in [0.05, 0.1) is 6.61 Å². The fourth-order valence-electron chi connectivity index (χ4n) is 4.06. The second-order valence-corrected chi connectivity index (χ2v) is 8.46. The summed E-state index contributed by atoms with van der Waals surface area (Å²) in [5.74, 6) is -0.741. The average Bonchev–Trinajstić information content (AvgIpc) is 2.77. The van der Waals surface area contributed by atoms with Crippen molar-refractivity contribution < 1.29 is 19.3 Å². The number of amides is 1. The Morgan fingerprint density at radius 2 is 1.68 bits per heavy atom. The van der Waals surface area contributed by atoms with Crippen LogP contribution in [0.2, 0.25) is 0 Å². The molecule has 2 aromatic rings. The van der Waals surface area contributed by atoms with E-state index in [1.165, 1.54) is 12.5 Å². The molecule has 2 aromatic carbocycles. The van der Waals surface area contributed by atoms with Crippen LogP contribution >= 0.6 is 0 Å². The fraction of sp³-hybridized carbons (Fsp3) is 0.400. The Bertz CT molecular complexity index is 906. The van der Waals surface area contributed by atoms with Crippen molar-refractivity contribution in [3.05, 3.63) is 66.2 Å². The maximum atomic E-state index is 11.1. The first kappa shape index (κ1) is 21.6. The van der Waals surface area contributed by atoms with Crippen molar-refractivity contribution in [2.24, 2.45) is 0 Å². The zero-order valence-corrected chi connectivity index (χ0v) is 18.1. The van der Waals surface area contributed by atoms with Crippen molar-refractivity contribution in [3.63, 3.8) is 0 Å². The van der Waals surface area contributed by atoms with Gasteiger partial charge in [-0.1, -0.05) is 36.4 Å². The van der Waals surface area contributed by atoms with Gasteiger partial charge in [0, 0.05) is 37.2 Å². The van der Waals surface area contributed by atoms with Crippen LogP contribution in [0, 0.1) is 6.92 Å². The molecule has 1 amide bonds. The van der Waals surface area contributed by atoms with E-state index in [9.17, 15) is 4.79 Å². The van der Waals surface area contributed by atoms with E-state index < -0.39 is 5.79 Å². The Hall–Kier alpha value is -2.67. The van der Waals surface area contributed by atoms with Gasteiger partial charge in [-0.3, -0.25) is 4.79 Å². The number of nitrogens with one attached hydrogen (secondary N) is 2.